The van der Waals surface area contributed by atoms with E-state index in [0.717, 1.165) is 16.1 Å². The Kier molecular flexibility index (Phi) is 3.80. The number of rotatable bonds is 2. The van der Waals surface area contributed by atoms with E-state index in [2.05, 4.69) is 6.07 Å². The van der Waals surface area contributed by atoms with Gasteiger partial charge in [0.05, 0.1) is 11.8 Å². The van der Waals surface area contributed by atoms with Crippen molar-refractivity contribution >= 4 is 23.5 Å². The van der Waals surface area contributed by atoms with E-state index in [4.69, 9.17) is 4.74 Å². The number of thioether (sulfide) groups is 1. The van der Waals surface area contributed by atoms with Gasteiger partial charge in [0.1, 0.15) is 6.61 Å². The third-order valence-electron chi connectivity index (χ3n) is 3.11. The maximum Gasteiger partial charge on any atom is 0.416 e. The molecule has 1 aliphatic heterocycles. The zero-order chi connectivity index (χ0) is 14.7. The van der Waals surface area contributed by atoms with E-state index in [1.54, 1.807) is 0 Å². The number of amides is 1. The smallest absolute Gasteiger partial charge is 0.416 e. The van der Waals surface area contributed by atoms with Crippen molar-refractivity contribution in [3.63, 3.8) is 0 Å². The Hall–Kier alpha value is -2.45. The highest BCUT2D eigenvalue weighted by Crippen LogP contribution is 2.43. The van der Waals surface area contributed by atoms with E-state index >= 15 is 0 Å². The SMILES string of the molecule is N#C[C@H]1Sc2ccccc2N1C(=O)OCc1ccccc1. The second-order valence-corrected chi connectivity index (χ2v) is 5.60. The average molecular weight is 296 g/mol. The number of anilines is 1. The van der Waals surface area contributed by atoms with Gasteiger partial charge >= 0.3 is 6.09 Å². The predicted molar refractivity (Wildman–Crippen MR) is 80.8 cm³/mol. The van der Waals surface area contributed by atoms with E-state index in [0.29, 0.717) is 0 Å². The van der Waals surface area contributed by atoms with Gasteiger partial charge in [0.2, 0.25) is 0 Å². The van der Waals surface area contributed by atoms with E-state index in [9.17, 15) is 10.1 Å². The van der Waals surface area contributed by atoms with Crippen molar-refractivity contribution in [2.75, 3.05) is 4.90 Å². The Balaban J connectivity index is 1.76. The zero-order valence-electron chi connectivity index (χ0n) is 11.1. The minimum Gasteiger partial charge on any atom is -0.444 e. The number of carbonyl (C=O) groups is 1. The highest BCUT2D eigenvalue weighted by atomic mass is 32.2. The molecule has 1 atom stereocenters. The van der Waals surface area contributed by atoms with Gasteiger partial charge in [0, 0.05) is 4.90 Å². The van der Waals surface area contributed by atoms with Crippen molar-refractivity contribution < 1.29 is 9.53 Å². The highest BCUT2D eigenvalue weighted by Gasteiger charge is 2.35. The number of benzene rings is 2. The molecule has 2 aromatic rings. The molecule has 0 aliphatic carbocycles. The number of nitriles is 1. The van der Waals surface area contributed by atoms with Crippen LogP contribution in [-0.2, 0) is 11.3 Å². The number of ether oxygens (including phenoxy) is 1. The Bertz CT molecular complexity index is 697. The monoisotopic (exact) mass is 296 g/mol. The molecule has 104 valence electrons. The molecule has 0 saturated heterocycles. The van der Waals surface area contributed by atoms with Gasteiger partial charge in [0.25, 0.3) is 0 Å². The van der Waals surface area contributed by atoms with Crippen LogP contribution >= 0.6 is 11.8 Å². The molecule has 0 N–H and O–H groups in total. The van der Waals surface area contributed by atoms with Crippen LogP contribution in [0.4, 0.5) is 10.5 Å². The topological polar surface area (TPSA) is 53.3 Å². The lowest BCUT2D eigenvalue weighted by Crippen LogP contribution is -2.35. The summed E-state index contributed by atoms with van der Waals surface area (Å²) in [5, 5.41) is 8.64. The van der Waals surface area contributed by atoms with Crippen LogP contribution in [0.3, 0.4) is 0 Å². The second-order valence-electron chi connectivity index (χ2n) is 4.48. The number of nitrogens with zero attached hydrogens (tertiary/aromatic N) is 2. The Morgan fingerprint density at radius 1 is 1.19 bits per heavy atom. The molecule has 21 heavy (non-hydrogen) atoms. The van der Waals surface area contributed by atoms with Crippen molar-refractivity contribution in [2.24, 2.45) is 0 Å². The molecular weight excluding hydrogens is 284 g/mol. The van der Waals surface area contributed by atoms with Crippen LogP contribution in [0.5, 0.6) is 0 Å². The van der Waals surface area contributed by atoms with E-state index < -0.39 is 11.5 Å². The van der Waals surface area contributed by atoms with Gasteiger partial charge in [-0.15, -0.1) is 0 Å². The van der Waals surface area contributed by atoms with E-state index in [1.807, 2.05) is 54.6 Å². The summed E-state index contributed by atoms with van der Waals surface area (Å²) >= 11 is 1.36. The number of hydrogen-bond donors (Lipinski definition) is 0. The van der Waals surface area contributed by atoms with E-state index in [-0.39, 0.29) is 6.61 Å². The van der Waals surface area contributed by atoms with Crippen molar-refractivity contribution in [1.29, 1.82) is 5.26 Å². The number of fused-ring (bicyclic) bond motifs is 1. The van der Waals surface area contributed by atoms with Crippen LogP contribution < -0.4 is 4.90 Å². The summed E-state index contributed by atoms with van der Waals surface area (Å²) in [6.45, 7) is 0.196. The minimum atomic E-state index is -0.578. The van der Waals surface area contributed by atoms with Gasteiger partial charge < -0.3 is 4.74 Å². The lowest BCUT2D eigenvalue weighted by molar-refractivity contribution is 0.147. The molecule has 0 spiro atoms. The summed E-state index contributed by atoms with van der Waals surface area (Å²) < 4.78 is 5.32. The quantitative estimate of drug-likeness (QED) is 0.846. The third-order valence-corrected chi connectivity index (χ3v) is 4.25. The van der Waals surface area contributed by atoms with Gasteiger partial charge in [-0.2, -0.15) is 5.26 Å². The normalized spacial score (nSPS) is 16.1. The summed E-state index contributed by atoms with van der Waals surface area (Å²) in [4.78, 5) is 14.6. The lowest BCUT2D eigenvalue weighted by Gasteiger charge is -2.19. The second kappa shape index (κ2) is 5.90. The Morgan fingerprint density at radius 3 is 2.67 bits per heavy atom. The summed E-state index contributed by atoms with van der Waals surface area (Å²) in [6, 6.07) is 19.1. The molecular formula is C16H12N2O2S. The highest BCUT2D eigenvalue weighted by molar-refractivity contribution is 8.00. The van der Waals surface area contributed by atoms with Crippen LogP contribution in [-0.4, -0.2) is 11.5 Å². The molecule has 5 heteroatoms. The number of carbonyl (C=O) groups excluding carboxylic acids is 1. The predicted octanol–water partition coefficient (Wildman–Crippen LogP) is 3.79. The standard InChI is InChI=1S/C16H12N2O2S/c17-10-15-18(13-8-4-5-9-14(13)21-15)16(19)20-11-12-6-2-1-3-7-12/h1-9,15H,11H2/t15-/m1/s1. The van der Waals surface area contributed by atoms with E-state index in [1.165, 1.54) is 16.7 Å². The molecule has 0 aromatic heterocycles. The first-order valence-electron chi connectivity index (χ1n) is 6.45. The first kappa shape index (κ1) is 13.5. The Labute approximate surface area is 126 Å². The maximum atomic E-state index is 12.3. The van der Waals surface area contributed by atoms with Gasteiger partial charge in [-0.25, -0.2) is 4.79 Å². The average Bonchev–Trinajstić information content (AvgIpc) is 2.92. The van der Waals surface area contributed by atoms with Crippen LogP contribution in [0, 0.1) is 11.3 Å². The fourth-order valence-electron chi connectivity index (χ4n) is 2.12. The molecule has 0 bridgehead atoms. The fourth-order valence-corrected chi connectivity index (χ4v) is 3.16. The van der Waals surface area contributed by atoms with Gasteiger partial charge in [0.15, 0.2) is 5.37 Å². The van der Waals surface area contributed by atoms with Crippen molar-refractivity contribution in [3.8, 4) is 6.07 Å². The van der Waals surface area contributed by atoms with Gasteiger partial charge in [-0.05, 0) is 17.7 Å². The van der Waals surface area contributed by atoms with Crippen LogP contribution in [0.25, 0.3) is 0 Å². The molecule has 4 nitrogen and oxygen atoms in total. The molecule has 1 aliphatic rings. The number of hydrogen-bond acceptors (Lipinski definition) is 4. The summed E-state index contributed by atoms with van der Waals surface area (Å²) in [5.74, 6) is 0. The van der Waals surface area contributed by atoms with Crippen LogP contribution in [0.2, 0.25) is 0 Å². The van der Waals surface area contributed by atoms with Crippen molar-refractivity contribution in [2.45, 2.75) is 16.9 Å². The van der Waals surface area contributed by atoms with Crippen LogP contribution in [0.1, 0.15) is 5.56 Å². The molecule has 0 fully saturated rings. The fraction of sp³-hybridized carbons (Fsp3) is 0.125. The maximum absolute atomic E-state index is 12.3. The molecule has 0 unspecified atom stereocenters. The van der Waals surface area contributed by atoms with Crippen molar-refractivity contribution in [1.82, 2.24) is 0 Å². The van der Waals surface area contributed by atoms with Crippen LogP contribution in [0.15, 0.2) is 59.5 Å². The summed E-state index contributed by atoms with van der Waals surface area (Å²) in [7, 11) is 0. The zero-order valence-corrected chi connectivity index (χ0v) is 11.9. The summed E-state index contributed by atoms with van der Waals surface area (Å²) in [5.41, 5.74) is 1.65. The third kappa shape index (κ3) is 2.71. The molecule has 1 amide bonds. The largest absolute Gasteiger partial charge is 0.444 e. The number of para-hydroxylation sites is 1. The minimum absolute atomic E-state index is 0.196. The molecule has 2 aromatic carbocycles. The van der Waals surface area contributed by atoms with Gasteiger partial charge in [-0.1, -0.05) is 54.2 Å². The Morgan fingerprint density at radius 2 is 1.90 bits per heavy atom. The molecule has 1 heterocycles. The first-order valence-corrected chi connectivity index (χ1v) is 7.33. The lowest BCUT2D eigenvalue weighted by atomic mass is 10.2. The van der Waals surface area contributed by atoms with Gasteiger partial charge in [-0.3, -0.25) is 4.90 Å². The van der Waals surface area contributed by atoms with Crippen molar-refractivity contribution in [3.05, 3.63) is 60.2 Å². The summed E-state index contributed by atoms with van der Waals surface area (Å²) in [6.07, 6.45) is -0.497. The molecule has 0 saturated carbocycles. The molecule has 0 radical (unpaired) electrons. The first-order chi connectivity index (χ1) is 10.3. The molecule has 3 rings (SSSR count).